The molecule has 0 saturated heterocycles. The highest BCUT2D eigenvalue weighted by atomic mass is 79.9. The Balaban J connectivity index is 2.05. The number of ether oxygens (including phenoxy) is 2. The quantitative estimate of drug-likeness (QED) is 0.430. The first-order chi connectivity index (χ1) is 13.8. The molecule has 0 aliphatic heterocycles. The first kappa shape index (κ1) is 22.9. The zero-order valence-corrected chi connectivity index (χ0v) is 18.9. The predicted octanol–water partition coefficient (Wildman–Crippen LogP) is 4.00. The molecule has 1 N–H and O–H groups in total. The molecular formula is C20H23BrN2O5S. The van der Waals surface area contributed by atoms with Gasteiger partial charge in [0.05, 0.1) is 22.5 Å². The van der Waals surface area contributed by atoms with E-state index in [-0.39, 0.29) is 23.8 Å². The molecule has 1 amide bonds. The minimum absolute atomic E-state index is 0.208. The van der Waals surface area contributed by atoms with Gasteiger partial charge in [-0.3, -0.25) is 4.79 Å². The summed E-state index contributed by atoms with van der Waals surface area (Å²) < 4.78 is 11.2. The Hall–Kier alpha value is -2.39. The summed E-state index contributed by atoms with van der Waals surface area (Å²) in [6.07, 6.45) is 1.62. The second kappa shape index (κ2) is 10.4. The lowest BCUT2D eigenvalue weighted by atomic mass is 10.1. The van der Waals surface area contributed by atoms with Gasteiger partial charge in [0.1, 0.15) is 5.69 Å². The summed E-state index contributed by atoms with van der Waals surface area (Å²) in [4.78, 5) is 42.5. The van der Waals surface area contributed by atoms with E-state index in [0.717, 1.165) is 8.66 Å². The van der Waals surface area contributed by atoms with Crippen LogP contribution in [0.4, 0.5) is 0 Å². The van der Waals surface area contributed by atoms with Gasteiger partial charge in [-0.15, -0.1) is 17.9 Å². The van der Waals surface area contributed by atoms with E-state index in [9.17, 15) is 14.4 Å². The van der Waals surface area contributed by atoms with Crippen LogP contribution >= 0.6 is 27.3 Å². The average molecular weight is 483 g/mol. The molecule has 156 valence electrons. The van der Waals surface area contributed by atoms with Gasteiger partial charge in [-0.05, 0) is 54.4 Å². The second-order valence-electron chi connectivity index (χ2n) is 6.19. The Morgan fingerprint density at radius 3 is 2.55 bits per heavy atom. The molecule has 0 unspecified atom stereocenters. The van der Waals surface area contributed by atoms with Crippen molar-refractivity contribution in [2.45, 2.75) is 27.3 Å². The molecule has 29 heavy (non-hydrogen) atoms. The number of halogens is 1. The SMILES string of the molecule is C=CCN(Cc1ccc(Br)s1)C(=O)COC(=O)c1c(C)[nH]c(C(=O)OCC)c1C. The zero-order valence-electron chi connectivity index (χ0n) is 16.5. The van der Waals surface area contributed by atoms with Gasteiger partial charge in [0.25, 0.3) is 5.91 Å². The number of nitrogens with one attached hydrogen (secondary N) is 1. The van der Waals surface area contributed by atoms with E-state index < -0.39 is 18.5 Å². The van der Waals surface area contributed by atoms with Crippen LogP contribution in [0.1, 0.15) is 43.9 Å². The second-order valence-corrected chi connectivity index (χ2v) is 8.74. The van der Waals surface area contributed by atoms with Gasteiger partial charge in [-0.1, -0.05) is 6.08 Å². The first-order valence-electron chi connectivity index (χ1n) is 8.94. The van der Waals surface area contributed by atoms with Crippen LogP contribution in [0.3, 0.4) is 0 Å². The van der Waals surface area contributed by atoms with Crippen LogP contribution in [0.5, 0.6) is 0 Å². The molecule has 0 bridgehead atoms. The van der Waals surface area contributed by atoms with E-state index in [1.165, 1.54) is 11.3 Å². The Morgan fingerprint density at radius 2 is 1.97 bits per heavy atom. The van der Waals surface area contributed by atoms with Crippen molar-refractivity contribution in [3.8, 4) is 0 Å². The van der Waals surface area contributed by atoms with Crippen LogP contribution in [-0.2, 0) is 20.8 Å². The van der Waals surface area contributed by atoms with Crippen molar-refractivity contribution in [2.24, 2.45) is 0 Å². The molecule has 0 saturated carbocycles. The van der Waals surface area contributed by atoms with E-state index in [4.69, 9.17) is 9.47 Å². The molecule has 2 heterocycles. The topological polar surface area (TPSA) is 88.7 Å². The number of carbonyl (C=O) groups is 3. The van der Waals surface area contributed by atoms with Gasteiger partial charge in [0, 0.05) is 17.1 Å². The molecule has 0 aromatic carbocycles. The third kappa shape index (κ3) is 5.80. The van der Waals surface area contributed by atoms with Crippen LogP contribution in [0.25, 0.3) is 0 Å². The number of aromatic amines is 1. The van der Waals surface area contributed by atoms with Gasteiger partial charge in [-0.2, -0.15) is 0 Å². The summed E-state index contributed by atoms with van der Waals surface area (Å²) in [7, 11) is 0. The first-order valence-corrected chi connectivity index (χ1v) is 10.6. The summed E-state index contributed by atoms with van der Waals surface area (Å²) in [6.45, 7) is 9.22. The van der Waals surface area contributed by atoms with E-state index in [1.807, 2.05) is 12.1 Å². The van der Waals surface area contributed by atoms with E-state index >= 15 is 0 Å². The average Bonchev–Trinajstić information content (AvgIpc) is 3.21. The van der Waals surface area contributed by atoms with Gasteiger partial charge in [-0.25, -0.2) is 9.59 Å². The van der Waals surface area contributed by atoms with E-state index in [0.29, 0.717) is 24.3 Å². The molecular weight excluding hydrogens is 460 g/mol. The lowest BCUT2D eigenvalue weighted by Gasteiger charge is -2.20. The Kier molecular flexibility index (Phi) is 8.21. The molecule has 0 aliphatic rings. The third-order valence-corrected chi connectivity index (χ3v) is 5.73. The predicted molar refractivity (Wildman–Crippen MR) is 114 cm³/mol. The normalized spacial score (nSPS) is 10.5. The van der Waals surface area contributed by atoms with Crippen LogP contribution in [-0.4, -0.2) is 47.5 Å². The number of nitrogens with zero attached hydrogens (tertiary/aromatic N) is 1. The smallest absolute Gasteiger partial charge is 0.355 e. The molecule has 2 aromatic rings. The molecule has 2 rings (SSSR count). The lowest BCUT2D eigenvalue weighted by Crippen LogP contribution is -2.34. The highest BCUT2D eigenvalue weighted by Crippen LogP contribution is 2.23. The fraction of sp³-hybridized carbons (Fsp3) is 0.350. The van der Waals surface area contributed by atoms with Gasteiger partial charge >= 0.3 is 11.9 Å². The summed E-state index contributed by atoms with van der Waals surface area (Å²) in [5.41, 5.74) is 1.36. The number of thiophene rings is 1. The number of aromatic nitrogens is 1. The summed E-state index contributed by atoms with van der Waals surface area (Å²) in [5, 5.41) is 0. The maximum atomic E-state index is 12.6. The van der Waals surface area contributed by atoms with Gasteiger partial charge in [0.15, 0.2) is 6.61 Å². The number of amides is 1. The molecule has 0 radical (unpaired) electrons. The summed E-state index contributed by atoms with van der Waals surface area (Å²) in [5.74, 6) is -1.54. The molecule has 9 heteroatoms. The number of rotatable bonds is 9. The molecule has 7 nitrogen and oxygen atoms in total. The fourth-order valence-electron chi connectivity index (χ4n) is 2.79. The number of carbonyl (C=O) groups excluding carboxylic acids is 3. The van der Waals surface area contributed by atoms with Crippen LogP contribution < -0.4 is 0 Å². The number of aryl methyl sites for hydroxylation is 1. The number of hydrogen-bond acceptors (Lipinski definition) is 6. The van der Waals surface area contributed by atoms with Crippen LogP contribution in [0, 0.1) is 13.8 Å². The van der Waals surface area contributed by atoms with Crippen molar-refractivity contribution in [1.82, 2.24) is 9.88 Å². The van der Waals surface area contributed by atoms with E-state index in [1.54, 1.807) is 31.7 Å². The maximum Gasteiger partial charge on any atom is 0.355 e. The van der Waals surface area contributed by atoms with Crippen molar-refractivity contribution in [1.29, 1.82) is 0 Å². The molecule has 0 fully saturated rings. The molecule has 0 aliphatic carbocycles. The Morgan fingerprint density at radius 1 is 1.24 bits per heavy atom. The number of esters is 2. The van der Waals surface area contributed by atoms with Crippen molar-refractivity contribution >= 4 is 45.1 Å². The van der Waals surface area contributed by atoms with Crippen molar-refractivity contribution < 1.29 is 23.9 Å². The van der Waals surface area contributed by atoms with Crippen molar-refractivity contribution in [3.05, 3.63) is 56.0 Å². The third-order valence-electron chi connectivity index (χ3n) is 4.13. The zero-order chi connectivity index (χ0) is 21.6. The highest BCUT2D eigenvalue weighted by molar-refractivity contribution is 9.11. The minimum Gasteiger partial charge on any atom is -0.461 e. The molecule has 0 spiro atoms. The fourth-order valence-corrected chi connectivity index (χ4v) is 4.29. The van der Waals surface area contributed by atoms with Crippen molar-refractivity contribution in [2.75, 3.05) is 19.8 Å². The van der Waals surface area contributed by atoms with Crippen LogP contribution in [0.2, 0.25) is 0 Å². The Labute approximate surface area is 181 Å². The number of hydrogen-bond donors (Lipinski definition) is 1. The standard InChI is InChI=1S/C20H23BrN2O5S/c1-5-9-23(10-14-7-8-15(21)29-14)16(24)11-28-19(25)17-12(3)18(22-13(17)4)20(26)27-6-2/h5,7-8,22H,1,6,9-11H2,2-4H3. The minimum atomic E-state index is -0.669. The summed E-state index contributed by atoms with van der Waals surface area (Å²) in [6, 6.07) is 3.84. The largest absolute Gasteiger partial charge is 0.461 e. The Bertz CT molecular complexity index is 918. The maximum absolute atomic E-state index is 12.6. The van der Waals surface area contributed by atoms with Crippen LogP contribution in [0.15, 0.2) is 28.6 Å². The van der Waals surface area contributed by atoms with Gasteiger partial charge in [0.2, 0.25) is 0 Å². The monoisotopic (exact) mass is 482 g/mol. The summed E-state index contributed by atoms with van der Waals surface area (Å²) >= 11 is 4.93. The highest BCUT2D eigenvalue weighted by Gasteiger charge is 2.25. The molecule has 0 atom stereocenters. The van der Waals surface area contributed by atoms with Gasteiger partial charge < -0.3 is 19.4 Å². The van der Waals surface area contributed by atoms with E-state index in [2.05, 4.69) is 27.5 Å². The molecule has 2 aromatic heterocycles. The van der Waals surface area contributed by atoms with Crippen molar-refractivity contribution in [3.63, 3.8) is 0 Å². The number of H-pyrrole nitrogens is 1. The lowest BCUT2D eigenvalue weighted by molar-refractivity contribution is -0.134.